The first-order chi connectivity index (χ1) is 45.8. The molecule has 15 aromatic rings. The van der Waals surface area contributed by atoms with Crippen LogP contribution < -0.4 is 0 Å². The Morgan fingerprint density at radius 3 is 0.628 bits per heavy atom. The molecule has 450 valence electrons. The van der Waals surface area contributed by atoms with E-state index in [2.05, 4.69) is 309 Å². The molecule has 19 rings (SSSR count). The van der Waals surface area contributed by atoms with E-state index in [0.29, 0.717) is 0 Å². The lowest BCUT2D eigenvalue weighted by atomic mass is 9.65. The summed E-state index contributed by atoms with van der Waals surface area (Å²) in [7, 11) is 0. The van der Waals surface area contributed by atoms with Crippen LogP contribution in [0.3, 0.4) is 0 Å². The van der Waals surface area contributed by atoms with Crippen LogP contribution in [0.4, 0.5) is 0 Å². The average Bonchev–Trinajstić information content (AvgIpc) is 1.50. The highest BCUT2D eigenvalue weighted by atomic mass is 32.1. The normalized spacial score (nSPS) is 15.1. The maximum absolute atomic E-state index is 2.73. The minimum Gasteiger partial charge on any atom is -0.143 e. The van der Waals surface area contributed by atoms with Gasteiger partial charge < -0.3 is 0 Å². The van der Waals surface area contributed by atoms with Crippen molar-refractivity contribution in [3.05, 3.63) is 387 Å². The number of thiophene rings is 4. The predicted molar refractivity (Wildman–Crippen MR) is 400 cm³/mol. The van der Waals surface area contributed by atoms with Gasteiger partial charge in [0.2, 0.25) is 0 Å². The lowest BCUT2D eigenvalue weighted by Gasteiger charge is -2.36. The highest BCUT2D eigenvalue weighted by Gasteiger charge is 2.57. The third-order valence-corrected chi connectivity index (χ3v) is 26.7. The van der Waals surface area contributed by atoms with Crippen LogP contribution in [0.15, 0.2) is 253 Å². The van der Waals surface area contributed by atoms with Gasteiger partial charge in [-0.15, -0.1) is 45.3 Å². The van der Waals surface area contributed by atoms with E-state index in [-0.39, 0.29) is 0 Å². The third kappa shape index (κ3) is 7.32. The largest absolute Gasteiger partial charge is 0.143 e. The van der Waals surface area contributed by atoms with E-state index in [4.69, 9.17) is 0 Å². The van der Waals surface area contributed by atoms with Crippen LogP contribution in [0, 0.1) is 55.4 Å². The molecule has 4 aromatic heterocycles. The summed E-state index contributed by atoms with van der Waals surface area (Å²) in [5.41, 5.74) is 36.3. The molecule has 0 fully saturated rings. The minimum atomic E-state index is -0.734. The zero-order chi connectivity index (χ0) is 63.3. The second-order valence-corrected chi connectivity index (χ2v) is 31.5. The Kier molecular flexibility index (Phi) is 12.1. The molecule has 0 N–H and O–H groups in total. The zero-order valence-corrected chi connectivity index (χ0v) is 57.1. The summed E-state index contributed by atoms with van der Waals surface area (Å²) in [5.74, 6) is 0. The molecule has 0 aliphatic heterocycles. The molecular weight excluding hydrogens is 1210 g/mol. The van der Waals surface area contributed by atoms with Crippen molar-refractivity contribution >= 4 is 64.1 Å². The van der Waals surface area contributed by atoms with Crippen molar-refractivity contribution in [1.82, 2.24) is 0 Å². The van der Waals surface area contributed by atoms with Crippen LogP contribution in [0.5, 0.6) is 0 Å². The maximum atomic E-state index is 2.73. The fourth-order valence-corrected chi connectivity index (χ4v) is 22.7. The average molecular weight is 1280 g/mol. The lowest BCUT2D eigenvalue weighted by Crippen LogP contribution is -2.30. The molecule has 0 radical (unpaired) electrons. The van der Waals surface area contributed by atoms with Gasteiger partial charge in [0, 0.05) is 30.3 Å². The second-order valence-electron chi connectivity index (χ2n) is 27.6. The van der Waals surface area contributed by atoms with E-state index in [1.165, 1.54) is 195 Å². The van der Waals surface area contributed by atoms with Gasteiger partial charge >= 0.3 is 0 Å². The Morgan fingerprint density at radius 2 is 0.404 bits per heavy atom. The number of fused-ring (bicyclic) bond motifs is 16. The first-order valence-corrected chi connectivity index (χ1v) is 36.4. The smallest absolute Gasteiger partial charge is 0.0736 e. The van der Waals surface area contributed by atoms with Gasteiger partial charge in [0.05, 0.1) is 31.1 Å². The first kappa shape index (κ1) is 56.3. The molecule has 94 heavy (non-hydrogen) atoms. The number of rotatable bonds is 8. The SMILES string of the molecule is Cc1ccc(C2(c3ccc(C)cc3)c3cc4c(cc3-c3cc5c(cc32)-c2sc3ccsc3c2C5(c2ccc(C)cc2)c2ccc(C)cc2)C(c2ccc(C)cc2)(c2ccc(C)cc2)c2cc3c(cc2-4)C(c2ccc(C)cc2)(c2ccc(C)cc2)c2c-3sc3ccsc23)cc1. The van der Waals surface area contributed by atoms with Crippen molar-refractivity contribution in [2.75, 3.05) is 0 Å². The number of hydrogen-bond donors (Lipinski definition) is 0. The Bertz CT molecular complexity index is 5090. The molecule has 0 spiro atoms. The summed E-state index contributed by atoms with van der Waals surface area (Å²) in [6.07, 6.45) is 0. The van der Waals surface area contributed by atoms with Gasteiger partial charge in [-0.05, 0) is 226 Å². The molecule has 4 heteroatoms. The second kappa shape index (κ2) is 20.1. The minimum absolute atomic E-state index is 0.610. The van der Waals surface area contributed by atoms with Crippen LogP contribution in [0.25, 0.3) is 61.9 Å². The predicted octanol–water partition coefficient (Wildman–Crippen LogP) is 24.2. The molecule has 0 saturated carbocycles. The fraction of sp³-hybridized carbons (Fsp3) is 0.133. The quantitative estimate of drug-likeness (QED) is 0.142. The van der Waals surface area contributed by atoms with Crippen LogP contribution in [-0.2, 0) is 21.7 Å². The monoisotopic (exact) mass is 1270 g/mol. The van der Waals surface area contributed by atoms with E-state index in [1.54, 1.807) is 0 Å². The topological polar surface area (TPSA) is 0 Å². The molecule has 11 aromatic carbocycles. The number of benzene rings is 11. The van der Waals surface area contributed by atoms with E-state index < -0.39 is 21.7 Å². The summed E-state index contributed by atoms with van der Waals surface area (Å²) >= 11 is 7.76. The van der Waals surface area contributed by atoms with Crippen LogP contribution in [0.2, 0.25) is 0 Å². The molecule has 0 nitrogen and oxygen atoms in total. The summed E-state index contributed by atoms with van der Waals surface area (Å²) in [5, 5.41) is 4.62. The molecule has 4 aliphatic rings. The van der Waals surface area contributed by atoms with E-state index >= 15 is 0 Å². The molecule has 0 amide bonds. The van der Waals surface area contributed by atoms with Crippen LogP contribution in [0.1, 0.15) is 134 Å². The summed E-state index contributed by atoms with van der Waals surface area (Å²) in [4.78, 5) is 2.75. The summed E-state index contributed by atoms with van der Waals surface area (Å²) in [6, 6.07) is 97.6. The molecule has 4 heterocycles. The van der Waals surface area contributed by atoms with Gasteiger partial charge in [-0.2, -0.15) is 0 Å². The Morgan fingerprint density at radius 1 is 0.213 bits per heavy atom. The van der Waals surface area contributed by atoms with Gasteiger partial charge in [-0.3, -0.25) is 0 Å². The first-order valence-electron chi connectivity index (χ1n) is 33.0. The van der Waals surface area contributed by atoms with E-state index in [0.717, 1.165) is 0 Å². The van der Waals surface area contributed by atoms with Crippen molar-refractivity contribution < 1.29 is 0 Å². The molecule has 4 aliphatic carbocycles. The molecule has 0 atom stereocenters. The highest BCUT2D eigenvalue weighted by Crippen LogP contribution is 2.70. The molecular formula is C90H66S4. The van der Waals surface area contributed by atoms with Gasteiger partial charge in [-0.1, -0.05) is 239 Å². The maximum Gasteiger partial charge on any atom is 0.0736 e. The van der Waals surface area contributed by atoms with Crippen molar-refractivity contribution in [1.29, 1.82) is 0 Å². The molecule has 0 unspecified atom stereocenters. The number of hydrogen-bond acceptors (Lipinski definition) is 4. The highest BCUT2D eigenvalue weighted by molar-refractivity contribution is 7.30. The van der Waals surface area contributed by atoms with Crippen molar-refractivity contribution in [3.8, 4) is 43.1 Å². The third-order valence-electron chi connectivity index (χ3n) is 22.2. The lowest BCUT2D eigenvalue weighted by molar-refractivity contribution is 0.754. The Hall–Kier alpha value is -9.26. The molecule has 0 bridgehead atoms. The van der Waals surface area contributed by atoms with E-state index in [1.807, 2.05) is 45.3 Å². The zero-order valence-electron chi connectivity index (χ0n) is 53.9. The van der Waals surface area contributed by atoms with Gasteiger partial charge in [0.1, 0.15) is 0 Å². The molecule has 0 saturated heterocycles. The summed E-state index contributed by atoms with van der Waals surface area (Å²) < 4.78 is 5.47. The van der Waals surface area contributed by atoms with Gasteiger partial charge in [0.15, 0.2) is 0 Å². The van der Waals surface area contributed by atoms with Crippen molar-refractivity contribution in [2.24, 2.45) is 0 Å². The van der Waals surface area contributed by atoms with Crippen molar-refractivity contribution in [2.45, 2.75) is 77.0 Å². The van der Waals surface area contributed by atoms with E-state index in [9.17, 15) is 0 Å². The number of aryl methyl sites for hydroxylation is 8. The van der Waals surface area contributed by atoms with Gasteiger partial charge in [-0.25, -0.2) is 0 Å². The Labute approximate surface area is 566 Å². The van der Waals surface area contributed by atoms with Gasteiger partial charge in [0.25, 0.3) is 0 Å². The van der Waals surface area contributed by atoms with Crippen LogP contribution in [-0.4, -0.2) is 0 Å². The van der Waals surface area contributed by atoms with Crippen molar-refractivity contribution in [3.63, 3.8) is 0 Å². The Balaban J connectivity index is 0.998. The standard InChI is InChI=1S/C90H66S4/c1-51-9-25-59(26-10-51)87(60-27-11-52(2)12-28-60)73-45-68-70-48-78-72(84-82(86-80(94-84)42-44-92-86)90(78,65-37-21-57(7)22-38-65)66-39-23-58(8)24-40-66)50-76(70)88(61-29-13-53(3)14-30-61,62-31-15-54(4)16-32-62)74(68)46-67(73)69-47-77-71(49-75(69)87)83-81(85-79(93-83)41-43-91-85)89(77,63-33-17-55(5)18-34-63)64-35-19-56(6)20-36-64/h9-50H,1-8H3. The summed E-state index contributed by atoms with van der Waals surface area (Å²) in [6.45, 7) is 17.8. The fourth-order valence-electron chi connectivity index (χ4n) is 17.7. The van der Waals surface area contributed by atoms with Crippen LogP contribution >= 0.6 is 45.3 Å².